The summed E-state index contributed by atoms with van der Waals surface area (Å²) in [5, 5.41) is 21.2. The summed E-state index contributed by atoms with van der Waals surface area (Å²) in [6.07, 6.45) is 2.03. The van der Waals surface area contributed by atoms with E-state index in [1.807, 2.05) is 51.1 Å². The van der Waals surface area contributed by atoms with Crippen LogP contribution in [-0.4, -0.2) is 38.8 Å². The van der Waals surface area contributed by atoms with Crippen LogP contribution in [0.1, 0.15) is 52.2 Å². The van der Waals surface area contributed by atoms with E-state index in [-0.39, 0.29) is 29.5 Å². The average molecular weight is 459 g/mol. The minimum atomic E-state index is -1.03. The Morgan fingerprint density at radius 3 is 2.44 bits per heavy atom. The first-order valence-electron chi connectivity index (χ1n) is 10.9. The fraction of sp³-hybridized carbons (Fsp3) is 0.222. The first-order chi connectivity index (χ1) is 16.2. The van der Waals surface area contributed by atoms with Crippen LogP contribution in [0.15, 0.2) is 59.7 Å². The van der Waals surface area contributed by atoms with E-state index in [2.05, 4.69) is 4.98 Å². The molecule has 0 saturated carbocycles. The third-order valence-corrected chi connectivity index (χ3v) is 5.89. The zero-order valence-corrected chi connectivity index (χ0v) is 19.1. The van der Waals surface area contributed by atoms with Crippen LogP contribution in [0.3, 0.4) is 0 Å². The van der Waals surface area contributed by atoms with Gasteiger partial charge in [-0.3, -0.25) is 14.4 Å². The van der Waals surface area contributed by atoms with Crippen molar-refractivity contribution >= 4 is 28.4 Å². The van der Waals surface area contributed by atoms with Gasteiger partial charge in [0.1, 0.15) is 17.6 Å². The lowest BCUT2D eigenvalue weighted by Gasteiger charge is -2.23. The molecule has 0 saturated heterocycles. The number of esters is 1. The Kier molecular flexibility index (Phi) is 6.11. The van der Waals surface area contributed by atoms with Gasteiger partial charge in [0.05, 0.1) is 17.5 Å². The first kappa shape index (κ1) is 23.0. The van der Waals surface area contributed by atoms with E-state index in [0.717, 1.165) is 45.9 Å². The fourth-order valence-electron chi connectivity index (χ4n) is 4.21. The number of allylic oxidation sites excluding steroid dienone is 2. The Bertz CT molecular complexity index is 1390. The number of ether oxygens (including phenoxy) is 1. The molecule has 0 aliphatic heterocycles. The molecule has 4 rings (SSSR count). The number of carbonyl (C=O) groups excluding carboxylic acids is 3. The number of benzene rings is 2. The molecule has 0 radical (unpaired) electrons. The van der Waals surface area contributed by atoms with Gasteiger partial charge in [0, 0.05) is 28.6 Å². The van der Waals surface area contributed by atoms with Crippen molar-refractivity contribution in [3.63, 3.8) is 0 Å². The average Bonchev–Trinajstić information content (AvgIpc) is 3.10. The lowest BCUT2D eigenvalue weighted by molar-refractivity contribution is -0.146. The van der Waals surface area contributed by atoms with E-state index < -0.39 is 35.1 Å². The number of aromatic hydroxyl groups is 2. The Balaban J connectivity index is 1.66. The van der Waals surface area contributed by atoms with Gasteiger partial charge in [-0.15, -0.1) is 0 Å². The van der Waals surface area contributed by atoms with E-state index in [0.29, 0.717) is 0 Å². The molecule has 0 spiro atoms. The maximum atomic E-state index is 13.2. The van der Waals surface area contributed by atoms with E-state index in [1.54, 1.807) is 0 Å². The second-order valence-electron chi connectivity index (χ2n) is 8.59. The summed E-state index contributed by atoms with van der Waals surface area (Å²) in [7, 11) is 0. The summed E-state index contributed by atoms with van der Waals surface area (Å²) < 4.78 is 5.74. The summed E-state index contributed by atoms with van der Waals surface area (Å²) in [6, 6.07) is 9.94. The molecule has 1 aliphatic rings. The molecule has 2 aromatic carbocycles. The number of hydrogen-bond acceptors (Lipinski definition) is 6. The van der Waals surface area contributed by atoms with Gasteiger partial charge < -0.3 is 19.9 Å². The lowest BCUT2D eigenvalue weighted by Crippen LogP contribution is -2.29. The Hall–Kier alpha value is -4.13. The molecule has 34 heavy (non-hydrogen) atoms. The van der Waals surface area contributed by atoms with Gasteiger partial charge >= 0.3 is 5.97 Å². The van der Waals surface area contributed by atoms with Crippen molar-refractivity contribution in [1.29, 1.82) is 0 Å². The third-order valence-electron chi connectivity index (χ3n) is 5.89. The predicted molar refractivity (Wildman–Crippen MR) is 127 cm³/mol. The Morgan fingerprint density at radius 2 is 1.74 bits per heavy atom. The van der Waals surface area contributed by atoms with Crippen LogP contribution in [0, 0.1) is 6.92 Å². The lowest BCUT2D eigenvalue weighted by atomic mass is 9.85. The van der Waals surface area contributed by atoms with Gasteiger partial charge in [-0.2, -0.15) is 0 Å². The van der Waals surface area contributed by atoms with Crippen LogP contribution in [-0.2, 0) is 16.0 Å². The number of phenolic OH excluding ortho intramolecular Hbond substituents is 2. The van der Waals surface area contributed by atoms with Crippen molar-refractivity contribution in [3.05, 3.63) is 82.1 Å². The van der Waals surface area contributed by atoms with Crippen molar-refractivity contribution in [1.82, 2.24) is 4.98 Å². The molecule has 7 nitrogen and oxygen atoms in total. The summed E-state index contributed by atoms with van der Waals surface area (Å²) in [5.41, 5.74) is 2.92. The Labute approximate surface area is 196 Å². The normalized spacial score (nSPS) is 13.9. The number of ketones is 2. The molecular weight excluding hydrogens is 434 g/mol. The topological polar surface area (TPSA) is 117 Å². The molecule has 0 fully saturated rings. The quantitative estimate of drug-likeness (QED) is 0.279. The van der Waals surface area contributed by atoms with Crippen LogP contribution >= 0.6 is 0 Å². The largest absolute Gasteiger partial charge is 0.507 e. The summed E-state index contributed by atoms with van der Waals surface area (Å²) in [6.45, 7) is 5.62. The van der Waals surface area contributed by atoms with Gasteiger partial charge in [0.2, 0.25) is 0 Å². The highest BCUT2D eigenvalue weighted by molar-refractivity contribution is 6.27. The van der Waals surface area contributed by atoms with E-state index >= 15 is 0 Å². The fourth-order valence-corrected chi connectivity index (χ4v) is 4.21. The van der Waals surface area contributed by atoms with Crippen molar-refractivity contribution in [2.45, 2.75) is 39.7 Å². The van der Waals surface area contributed by atoms with Gasteiger partial charge in [0.15, 0.2) is 11.6 Å². The number of aromatic amines is 1. The number of aromatic nitrogens is 1. The summed E-state index contributed by atoms with van der Waals surface area (Å²) >= 11 is 0. The van der Waals surface area contributed by atoms with Crippen LogP contribution in [0.5, 0.6) is 11.5 Å². The highest BCUT2D eigenvalue weighted by Gasteiger charge is 2.35. The molecule has 1 aliphatic carbocycles. The number of H-pyrrole nitrogens is 1. The third kappa shape index (κ3) is 4.24. The molecule has 1 atom stereocenters. The zero-order chi connectivity index (χ0) is 24.6. The van der Waals surface area contributed by atoms with Crippen molar-refractivity contribution < 1.29 is 29.3 Å². The summed E-state index contributed by atoms with van der Waals surface area (Å²) in [5.74, 6) is -2.66. The number of phenols is 2. The van der Waals surface area contributed by atoms with E-state index in [1.165, 1.54) is 0 Å². The zero-order valence-electron chi connectivity index (χ0n) is 19.1. The van der Waals surface area contributed by atoms with Gasteiger partial charge in [-0.25, -0.2) is 0 Å². The number of para-hydroxylation sites is 1. The first-order valence-corrected chi connectivity index (χ1v) is 10.9. The van der Waals surface area contributed by atoms with Crippen LogP contribution < -0.4 is 0 Å². The highest BCUT2D eigenvalue weighted by Crippen LogP contribution is 2.36. The smallest absolute Gasteiger partial charge is 0.310 e. The van der Waals surface area contributed by atoms with E-state index in [4.69, 9.17) is 4.74 Å². The minimum Gasteiger partial charge on any atom is -0.507 e. The second kappa shape index (κ2) is 9.02. The van der Waals surface area contributed by atoms with Crippen molar-refractivity contribution in [3.8, 4) is 11.5 Å². The molecule has 3 N–H and O–H groups in total. The molecule has 174 valence electrons. The molecule has 0 bridgehead atoms. The number of rotatable bonds is 6. The molecular formula is C27H25NO6. The molecule has 7 heteroatoms. The minimum absolute atomic E-state index is 0.0147. The van der Waals surface area contributed by atoms with Crippen LogP contribution in [0.2, 0.25) is 0 Å². The summed E-state index contributed by atoms with van der Waals surface area (Å²) in [4.78, 5) is 42.2. The van der Waals surface area contributed by atoms with Gasteiger partial charge in [0.25, 0.3) is 0 Å². The molecule has 0 amide bonds. The van der Waals surface area contributed by atoms with Crippen LogP contribution in [0.4, 0.5) is 0 Å². The molecule has 1 aromatic heterocycles. The van der Waals surface area contributed by atoms with Crippen molar-refractivity contribution in [2.24, 2.45) is 0 Å². The van der Waals surface area contributed by atoms with Crippen molar-refractivity contribution in [2.75, 3.05) is 0 Å². The maximum absolute atomic E-state index is 13.2. The number of hydrogen-bond donors (Lipinski definition) is 3. The number of fused-ring (bicyclic) bond motifs is 2. The SMILES string of the molecule is CC(C)=CC[C@@H](OC(=O)Cc1c(C)[nH]c2ccccc12)C1=CC(=O)c2c(O)ccc(O)c2C1=O. The second-order valence-corrected chi connectivity index (χ2v) is 8.59. The standard InChI is InChI=1S/C27H25NO6/c1-14(2)8-11-23(18-12-22(31)25-20(29)9-10-21(30)26(25)27(18)33)34-24(32)13-17-15(3)28-19-7-5-4-6-16(17)19/h4-10,12,23,28-30H,11,13H2,1-3H3/t23-/m1/s1. The predicted octanol–water partition coefficient (Wildman–Crippen LogP) is 4.70. The maximum Gasteiger partial charge on any atom is 0.310 e. The van der Waals surface area contributed by atoms with Crippen LogP contribution in [0.25, 0.3) is 10.9 Å². The number of aryl methyl sites for hydroxylation is 1. The number of carbonyl (C=O) groups is 3. The molecule has 3 aromatic rings. The van der Waals surface area contributed by atoms with E-state index in [9.17, 15) is 24.6 Å². The Morgan fingerprint density at radius 1 is 1.06 bits per heavy atom. The number of nitrogens with one attached hydrogen (secondary N) is 1. The molecule has 0 unspecified atom stereocenters. The number of Topliss-reactive ketones (excluding diaryl/α,β-unsaturated/α-hetero) is 1. The highest BCUT2D eigenvalue weighted by atomic mass is 16.5. The van der Waals surface area contributed by atoms with Gasteiger partial charge in [-0.05, 0) is 50.6 Å². The monoisotopic (exact) mass is 459 g/mol. The molecule has 1 heterocycles. The van der Waals surface area contributed by atoms with Gasteiger partial charge in [-0.1, -0.05) is 29.8 Å².